The molecule has 7 heteroatoms. The van der Waals surface area contributed by atoms with Gasteiger partial charge in [0.15, 0.2) is 0 Å². The quantitative estimate of drug-likeness (QED) is 0.667. The van der Waals surface area contributed by atoms with Crippen LogP contribution in [0.4, 0.5) is 5.82 Å². The lowest BCUT2D eigenvalue weighted by atomic mass is 10.1. The van der Waals surface area contributed by atoms with Crippen molar-refractivity contribution in [3.05, 3.63) is 71.2 Å². The minimum Gasteiger partial charge on any atom is -0.378 e. The third kappa shape index (κ3) is 4.18. The van der Waals surface area contributed by atoms with Crippen LogP contribution in [-0.4, -0.2) is 47.0 Å². The van der Waals surface area contributed by atoms with Gasteiger partial charge in [0.1, 0.15) is 5.82 Å². The van der Waals surface area contributed by atoms with Crippen molar-refractivity contribution in [3.8, 4) is 5.69 Å². The summed E-state index contributed by atoms with van der Waals surface area (Å²) in [6.45, 7) is 5.70. The van der Waals surface area contributed by atoms with Gasteiger partial charge in [-0.3, -0.25) is 4.79 Å². The number of morpholine rings is 1. The number of ether oxygens (including phenoxy) is 1. The number of hydrogen-bond acceptors (Lipinski definition) is 5. The van der Waals surface area contributed by atoms with Gasteiger partial charge in [-0.15, -0.1) is 0 Å². The molecule has 160 valence electrons. The predicted molar refractivity (Wildman–Crippen MR) is 119 cm³/mol. The van der Waals surface area contributed by atoms with Crippen LogP contribution >= 0.6 is 0 Å². The number of hydrogen-bond donors (Lipinski definition) is 1. The van der Waals surface area contributed by atoms with Gasteiger partial charge in [0.05, 0.1) is 36.4 Å². The summed E-state index contributed by atoms with van der Waals surface area (Å²) >= 11 is 0. The number of anilines is 1. The van der Waals surface area contributed by atoms with E-state index < -0.39 is 0 Å². The molecule has 2 fully saturated rings. The largest absolute Gasteiger partial charge is 0.378 e. The highest BCUT2D eigenvalue weighted by atomic mass is 16.5. The maximum atomic E-state index is 13.0. The van der Waals surface area contributed by atoms with Crippen LogP contribution in [0.2, 0.25) is 0 Å². The average molecular weight is 418 g/mol. The normalized spacial score (nSPS) is 16.4. The summed E-state index contributed by atoms with van der Waals surface area (Å²) in [7, 11) is 0. The second kappa shape index (κ2) is 8.51. The molecule has 2 aliphatic rings. The molecule has 1 amide bonds. The van der Waals surface area contributed by atoms with E-state index in [2.05, 4.69) is 39.4 Å². The van der Waals surface area contributed by atoms with Crippen LogP contribution < -0.4 is 10.2 Å². The van der Waals surface area contributed by atoms with Crippen molar-refractivity contribution in [3.63, 3.8) is 0 Å². The van der Waals surface area contributed by atoms with E-state index in [1.54, 1.807) is 6.20 Å². The lowest BCUT2D eigenvalue weighted by Crippen LogP contribution is -2.36. The Morgan fingerprint density at radius 2 is 1.94 bits per heavy atom. The van der Waals surface area contributed by atoms with E-state index >= 15 is 0 Å². The second-order valence-electron chi connectivity index (χ2n) is 8.22. The lowest BCUT2D eigenvalue weighted by molar-refractivity contribution is 0.0949. The van der Waals surface area contributed by atoms with Crippen molar-refractivity contribution >= 4 is 11.7 Å². The van der Waals surface area contributed by atoms with Crippen molar-refractivity contribution in [1.82, 2.24) is 20.1 Å². The molecule has 1 saturated heterocycles. The van der Waals surface area contributed by atoms with Crippen LogP contribution in [0, 0.1) is 6.92 Å². The Balaban J connectivity index is 1.29. The lowest BCUT2D eigenvalue weighted by Gasteiger charge is -2.27. The third-order valence-corrected chi connectivity index (χ3v) is 5.96. The van der Waals surface area contributed by atoms with Gasteiger partial charge in [0, 0.05) is 31.7 Å². The molecular weight excluding hydrogens is 390 g/mol. The van der Waals surface area contributed by atoms with E-state index in [1.165, 1.54) is 0 Å². The molecule has 2 aromatic heterocycles. The topological polar surface area (TPSA) is 72.3 Å². The second-order valence-corrected chi connectivity index (χ2v) is 8.22. The van der Waals surface area contributed by atoms with Crippen LogP contribution in [-0.2, 0) is 11.3 Å². The van der Waals surface area contributed by atoms with E-state index in [1.807, 2.05) is 35.1 Å². The standard InChI is InChI=1S/C24H27N5O2/c1-17-4-2-3-5-21(17)29-23(19-7-8-19)20(16-27-29)24(30)26-15-18-6-9-22(25-14-18)28-10-12-31-13-11-28/h2-6,9,14,16,19H,7-8,10-13,15H2,1H3,(H,26,30). The molecule has 3 aromatic rings. The first-order valence-electron chi connectivity index (χ1n) is 10.9. The first-order valence-corrected chi connectivity index (χ1v) is 10.9. The van der Waals surface area contributed by atoms with Gasteiger partial charge in [0.25, 0.3) is 5.91 Å². The molecule has 1 N–H and O–H groups in total. The maximum Gasteiger partial charge on any atom is 0.255 e. The summed E-state index contributed by atoms with van der Waals surface area (Å²) in [5.74, 6) is 1.27. The molecule has 31 heavy (non-hydrogen) atoms. The van der Waals surface area contributed by atoms with Crippen molar-refractivity contribution in [2.24, 2.45) is 0 Å². The molecule has 1 aromatic carbocycles. The Labute approximate surface area is 182 Å². The number of pyridine rings is 1. The first kappa shape index (κ1) is 19.8. The molecule has 1 aliphatic carbocycles. The van der Waals surface area contributed by atoms with Gasteiger partial charge in [-0.25, -0.2) is 9.67 Å². The number of carbonyl (C=O) groups is 1. The van der Waals surface area contributed by atoms with Crippen molar-refractivity contribution in [2.45, 2.75) is 32.2 Å². The Bertz CT molecular complexity index is 1070. The summed E-state index contributed by atoms with van der Waals surface area (Å²) < 4.78 is 7.34. The number of para-hydroxylation sites is 1. The third-order valence-electron chi connectivity index (χ3n) is 5.96. The maximum absolute atomic E-state index is 13.0. The average Bonchev–Trinajstić information content (AvgIpc) is 3.57. The highest BCUT2D eigenvalue weighted by Gasteiger charge is 2.33. The summed E-state index contributed by atoms with van der Waals surface area (Å²) in [4.78, 5) is 19.8. The Hall–Kier alpha value is -3.19. The zero-order chi connectivity index (χ0) is 21.2. The summed E-state index contributed by atoms with van der Waals surface area (Å²) in [5, 5.41) is 7.63. The molecule has 0 unspecified atom stereocenters. The van der Waals surface area contributed by atoms with Crippen LogP contribution in [0.5, 0.6) is 0 Å². The molecule has 1 aliphatic heterocycles. The van der Waals surface area contributed by atoms with E-state index in [4.69, 9.17) is 4.74 Å². The number of aryl methyl sites for hydroxylation is 1. The van der Waals surface area contributed by atoms with Crippen LogP contribution in [0.25, 0.3) is 5.69 Å². The predicted octanol–water partition coefficient (Wildman–Crippen LogP) is 3.22. The highest BCUT2D eigenvalue weighted by molar-refractivity contribution is 5.95. The monoisotopic (exact) mass is 417 g/mol. The number of amides is 1. The van der Waals surface area contributed by atoms with Gasteiger partial charge in [-0.2, -0.15) is 5.10 Å². The summed E-state index contributed by atoms with van der Waals surface area (Å²) in [6.07, 6.45) is 5.74. The number of carbonyl (C=O) groups excluding carboxylic acids is 1. The zero-order valence-electron chi connectivity index (χ0n) is 17.8. The van der Waals surface area contributed by atoms with E-state index in [9.17, 15) is 4.79 Å². The van der Waals surface area contributed by atoms with Crippen LogP contribution in [0.1, 0.15) is 45.9 Å². The Kier molecular flexibility index (Phi) is 5.42. The number of benzene rings is 1. The summed E-state index contributed by atoms with van der Waals surface area (Å²) in [6, 6.07) is 12.2. The molecule has 0 bridgehead atoms. The summed E-state index contributed by atoms with van der Waals surface area (Å²) in [5.41, 5.74) is 4.85. The molecule has 1 saturated carbocycles. The van der Waals surface area contributed by atoms with Gasteiger partial charge >= 0.3 is 0 Å². The fourth-order valence-corrected chi connectivity index (χ4v) is 4.05. The van der Waals surface area contributed by atoms with Crippen LogP contribution in [0.3, 0.4) is 0 Å². The Morgan fingerprint density at radius 3 is 2.65 bits per heavy atom. The number of rotatable bonds is 6. The number of nitrogens with zero attached hydrogens (tertiary/aromatic N) is 4. The number of aromatic nitrogens is 3. The van der Waals surface area contributed by atoms with Gasteiger partial charge in [-0.1, -0.05) is 24.3 Å². The fraction of sp³-hybridized carbons (Fsp3) is 0.375. The zero-order valence-corrected chi connectivity index (χ0v) is 17.8. The van der Waals surface area contributed by atoms with E-state index in [0.717, 1.165) is 67.5 Å². The van der Waals surface area contributed by atoms with Crippen molar-refractivity contribution < 1.29 is 9.53 Å². The van der Waals surface area contributed by atoms with Crippen LogP contribution in [0.15, 0.2) is 48.8 Å². The van der Waals surface area contributed by atoms with E-state index in [-0.39, 0.29) is 5.91 Å². The molecule has 0 atom stereocenters. The molecule has 7 nitrogen and oxygen atoms in total. The SMILES string of the molecule is Cc1ccccc1-n1ncc(C(=O)NCc2ccc(N3CCOCC3)nc2)c1C1CC1. The molecule has 0 spiro atoms. The highest BCUT2D eigenvalue weighted by Crippen LogP contribution is 2.42. The fourth-order valence-electron chi connectivity index (χ4n) is 4.05. The number of nitrogens with one attached hydrogen (secondary N) is 1. The van der Waals surface area contributed by atoms with E-state index in [0.29, 0.717) is 18.0 Å². The molecule has 3 heterocycles. The minimum absolute atomic E-state index is 0.0843. The van der Waals surface area contributed by atoms with Gasteiger partial charge in [-0.05, 0) is 43.0 Å². The molecule has 0 radical (unpaired) electrons. The smallest absolute Gasteiger partial charge is 0.255 e. The minimum atomic E-state index is -0.0843. The van der Waals surface area contributed by atoms with Gasteiger partial charge in [0.2, 0.25) is 0 Å². The molecular formula is C24H27N5O2. The Morgan fingerprint density at radius 1 is 1.13 bits per heavy atom. The van der Waals surface area contributed by atoms with Crippen molar-refractivity contribution in [2.75, 3.05) is 31.2 Å². The molecule has 5 rings (SSSR count). The first-order chi connectivity index (χ1) is 15.2. The van der Waals surface area contributed by atoms with Crippen molar-refractivity contribution in [1.29, 1.82) is 0 Å². The van der Waals surface area contributed by atoms with Gasteiger partial charge < -0.3 is 15.0 Å².